The van der Waals surface area contributed by atoms with E-state index in [1.807, 2.05) is 13.8 Å². The van der Waals surface area contributed by atoms with Gasteiger partial charge < -0.3 is 5.73 Å². The average Bonchev–Trinajstić information content (AvgIpc) is 1.96. The van der Waals surface area contributed by atoms with E-state index in [4.69, 9.17) is 17.3 Å². The van der Waals surface area contributed by atoms with Crippen molar-refractivity contribution >= 4 is 17.3 Å². The molecule has 0 bridgehead atoms. The molecule has 0 aliphatic carbocycles. The number of rotatable bonds is 1. The lowest BCUT2D eigenvalue weighted by Crippen LogP contribution is -1.96. The van der Waals surface area contributed by atoms with Gasteiger partial charge in [-0.15, -0.1) is 0 Å². The van der Waals surface area contributed by atoms with Gasteiger partial charge in [0.25, 0.3) is 0 Å². The van der Waals surface area contributed by atoms with Crippen LogP contribution in [0.25, 0.3) is 0 Å². The van der Waals surface area contributed by atoms with Gasteiger partial charge in [-0.05, 0) is 23.6 Å². The van der Waals surface area contributed by atoms with Crippen LogP contribution in [-0.2, 0) is 0 Å². The van der Waals surface area contributed by atoms with Crippen LogP contribution < -0.4 is 5.73 Å². The highest BCUT2D eigenvalue weighted by molar-refractivity contribution is 6.31. The third-order valence-corrected chi connectivity index (χ3v) is 1.98. The molecule has 0 aliphatic heterocycles. The summed E-state index contributed by atoms with van der Waals surface area (Å²) in [5.41, 5.74) is 6.59. The maximum atomic E-state index is 13.2. The van der Waals surface area contributed by atoms with Crippen molar-refractivity contribution < 1.29 is 4.39 Å². The summed E-state index contributed by atoms with van der Waals surface area (Å²) in [6.45, 7) is 3.79. The Labute approximate surface area is 76.3 Å². The SMILES string of the molecule is CC(C)c1cc(N)cc(Cl)c1F. The van der Waals surface area contributed by atoms with Crippen LogP contribution >= 0.6 is 11.6 Å². The molecule has 0 radical (unpaired) electrons. The van der Waals surface area contributed by atoms with Gasteiger partial charge in [-0.3, -0.25) is 0 Å². The van der Waals surface area contributed by atoms with Crippen LogP contribution in [0.2, 0.25) is 5.02 Å². The quantitative estimate of drug-likeness (QED) is 0.672. The maximum absolute atomic E-state index is 13.2. The summed E-state index contributed by atoms with van der Waals surface area (Å²) in [5, 5.41) is 0.0960. The Kier molecular flexibility index (Phi) is 2.58. The van der Waals surface area contributed by atoms with Crippen LogP contribution in [0.3, 0.4) is 0 Å². The van der Waals surface area contributed by atoms with Crippen molar-refractivity contribution in [2.75, 3.05) is 5.73 Å². The van der Waals surface area contributed by atoms with Crippen molar-refractivity contribution in [3.8, 4) is 0 Å². The number of anilines is 1. The Bertz CT molecular complexity index is 297. The number of benzene rings is 1. The number of hydrogen-bond acceptors (Lipinski definition) is 1. The second kappa shape index (κ2) is 3.31. The van der Waals surface area contributed by atoms with Gasteiger partial charge in [-0.1, -0.05) is 25.4 Å². The molecule has 1 rings (SSSR count). The molecule has 0 amide bonds. The van der Waals surface area contributed by atoms with E-state index >= 15 is 0 Å². The smallest absolute Gasteiger partial charge is 0.145 e. The maximum Gasteiger partial charge on any atom is 0.145 e. The van der Waals surface area contributed by atoms with Crippen LogP contribution in [0.1, 0.15) is 25.3 Å². The Morgan fingerprint density at radius 2 is 2.00 bits per heavy atom. The highest BCUT2D eigenvalue weighted by Crippen LogP contribution is 2.27. The van der Waals surface area contributed by atoms with Crippen molar-refractivity contribution in [3.05, 3.63) is 28.5 Å². The van der Waals surface area contributed by atoms with E-state index < -0.39 is 0 Å². The first-order valence-corrected chi connectivity index (χ1v) is 4.14. The molecule has 1 aromatic carbocycles. The van der Waals surface area contributed by atoms with E-state index in [0.29, 0.717) is 11.3 Å². The highest BCUT2D eigenvalue weighted by Gasteiger charge is 2.10. The fourth-order valence-electron chi connectivity index (χ4n) is 1.05. The standard InChI is InChI=1S/C9H11ClFN/c1-5(2)7-3-6(12)4-8(10)9(7)11/h3-5H,12H2,1-2H3. The Morgan fingerprint density at radius 3 is 2.50 bits per heavy atom. The predicted molar refractivity (Wildman–Crippen MR) is 49.9 cm³/mol. The molecule has 0 aliphatic rings. The van der Waals surface area contributed by atoms with Gasteiger partial charge in [0.1, 0.15) is 5.82 Å². The third-order valence-electron chi connectivity index (χ3n) is 1.70. The summed E-state index contributed by atoms with van der Waals surface area (Å²) < 4.78 is 13.2. The summed E-state index contributed by atoms with van der Waals surface area (Å²) in [6, 6.07) is 3.04. The van der Waals surface area contributed by atoms with Gasteiger partial charge in [-0.2, -0.15) is 0 Å². The molecule has 0 saturated carbocycles. The second-order valence-corrected chi connectivity index (χ2v) is 3.47. The molecule has 1 aromatic rings. The largest absolute Gasteiger partial charge is 0.399 e. The minimum atomic E-state index is -0.360. The Balaban J connectivity index is 3.28. The van der Waals surface area contributed by atoms with Crippen molar-refractivity contribution in [1.29, 1.82) is 0 Å². The zero-order valence-electron chi connectivity index (χ0n) is 7.07. The van der Waals surface area contributed by atoms with Crippen LogP contribution in [0.5, 0.6) is 0 Å². The molecular formula is C9H11ClFN. The topological polar surface area (TPSA) is 26.0 Å². The molecular weight excluding hydrogens is 177 g/mol. The van der Waals surface area contributed by atoms with Crippen LogP contribution in [0.15, 0.2) is 12.1 Å². The fraction of sp³-hybridized carbons (Fsp3) is 0.333. The minimum Gasteiger partial charge on any atom is -0.399 e. The van der Waals surface area contributed by atoms with Gasteiger partial charge in [0.05, 0.1) is 5.02 Å². The lowest BCUT2D eigenvalue weighted by atomic mass is 10.0. The van der Waals surface area contributed by atoms with E-state index in [1.54, 1.807) is 6.07 Å². The summed E-state index contributed by atoms with van der Waals surface area (Å²) in [6.07, 6.45) is 0. The Morgan fingerprint density at radius 1 is 1.42 bits per heavy atom. The van der Waals surface area contributed by atoms with Crippen molar-refractivity contribution in [2.45, 2.75) is 19.8 Å². The summed E-state index contributed by atoms with van der Waals surface area (Å²) in [5.74, 6) is -0.258. The second-order valence-electron chi connectivity index (χ2n) is 3.06. The molecule has 1 nitrogen and oxygen atoms in total. The normalized spacial score (nSPS) is 10.8. The van der Waals surface area contributed by atoms with Gasteiger partial charge in [0, 0.05) is 5.69 Å². The molecule has 0 saturated heterocycles. The third kappa shape index (κ3) is 1.69. The predicted octanol–water partition coefficient (Wildman–Crippen LogP) is 3.18. The number of hydrogen-bond donors (Lipinski definition) is 1. The molecule has 0 atom stereocenters. The number of nitrogens with two attached hydrogens (primary N) is 1. The zero-order valence-corrected chi connectivity index (χ0v) is 7.82. The van der Waals surface area contributed by atoms with Crippen LogP contribution in [-0.4, -0.2) is 0 Å². The van der Waals surface area contributed by atoms with Gasteiger partial charge >= 0.3 is 0 Å². The molecule has 0 aromatic heterocycles. The first kappa shape index (κ1) is 9.33. The molecule has 2 N–H and O–H groups in total. The zero-order chi connectivity index (χ0) is 9.30. The summed E-state index contributed by atoms with van der Waals surface area (Å²) >= 11 is 5.61. The Hall–Kier alpha value is -0.760. The molecule has 0 fully saturated rings. The monoisotopic (exact) mass is 187 g/mol. The van der Waals surface area contributed by atoms with Gasteiger partial charge in [-0.25, -0.2) is 4.39 Å². The van der Waals surface area contributed by atoms with Gasteiger partial charge in [0.2, 0.25) is 0 Å². The molecule has 0 spiro atoms. The summed E-state index contributed by atoms with van der Waals surface area (Å²) in [4.78, 5) is 0. The molecule has 12 heavy (non-hydrogen) atoms. The molecule has 66 valence electrons. The first-order valence-electron chi connectivity index (χ1n) is 3.76. The highest BCUT2D eigenvalue weighted by atomic mass is 35.5. The molecule has 0 heterocycles. The van der Waals surface area contributed by atoms with Crippen molar-refractivity contribution in [1.82, 2.24) is 0 Å². The van der Waals surface area contributed by atoms with E-state index in [2.05, 4.69) is 0 Å². The van der Waals surface area contributed by atoms with Crippen molar-refractivity contribution in [2.24, 2.45) is 0 Å². The molecule has 3 heteroatoms. The minimum absolute atomic E-state index is 0.0960. The fourth-order valence-corrected chi connectivity index (χ4v) is 1.29. The van der Waals surface area contributed by atoms with E-state index in [9.17, 15) is 4.39 Å². The summed E-state index contributed by atoms with van der Waals surface area (Å²) in [7, 11) is 0. The lowest BCUT2D eigenvalue weighted by molar-refractivity contribution is 0.599. The van der Waals surface area contributed by atoms with Crippen LogP contribution in [0, 0.1) is 5.82 Å². The van der Waals surface area contributed by atoms with E-state index in [1.165, 1.54) is 6.07 Å². The average molecular weight is 188 g/mol. The molecule has 0 unspecified atom stereocenters. The van der Waals surface area contributed by atoms with Gasteiger partial charge in [0.15, 0.2) is 0 Å². The van der Waals surface area contributed by atoms with Crippen molar-refractivity contribution in [3.63, 3.8) is 0 Å². The van der Waals surface area contributed by atoms with Crippen LogP contribution in [0.4, 0.5) is 10.1 Å². The van der Waals surface area contributed by atoms with E-state index in [-0.39, 0.29) is 16.8 Å². The van der Waals surface area contributed by atoms with E-state index in [0.717, 1.165) is 0 Å². The number of halogens is 2. The first-order chi connectivity index (χ1) is 5.52. The lowest BCUT2D eigenvalue weighted by Gasteiger charge is -2.08. The number of nitrogen functional groups attached to an aromatic ring is 1.